The fourth-order valence-electron chi connectivity index (χ4n) is 2.16. The van der Waals surface area contributed by atoms with E-state index in [9.17, 15) is 16.8 Å². The van der Waals surface area contributed by atoms with E-state index in [4.69, 9.17) is 0 Å². The first kappa shape index (κ1) is 16.5. The van der Waals surface area contributed by atoms with Gasteiger partial charge in [0.15, 0.2) is 9.84 Å². The lowest BCUT2D eigenvalue weighted by atomic mass is 10.4. The molecular weight excluding hydrogens is 310 g/mol. The molecule has 5 nitrogen and oxygen atoms in total. The van der Waals surface area contributed by atoms with E-state index in [2.05, 4.69) is 0 Å². The SMILES string of the molecule is CCCN(CC1CC1)S(=O)(=O)c1ccc(S(C)(=O)=O)cc1. The third-order valence-electron chi connectivity index (χ3n) is 3.52. The van der Waals surface area contributed by atoms with Crippen LogP contribution in [-0.4, -0.2) is 40.5 Å². The van der Waals surface area contributed by atoms with Crippen molar-refractivity contribution < 1.29 is 16.8 Å². The summed E-state index contributed by atoms with van der Waals surface area (Å²) in [7, 11) is -6.86. The second-order valence-electron chi connectivity index (χ2n) is 5.55. The molecule has 0 aliphatic heterocycles. The Morgan fingerprint density at radius 1 is 1.05 bits per heavy atom. The highest BCUT2D eigenvalue weighted by atomic mass is 32.2. The molecule has 0 heterocycles. The van der Waals surface area contributed by atoms with Crippen molar-refractivity contribution in [2.24, 2.45) is 5.92 Å². The third-order valence-corrected chi connectivity index (χ3v) is 6.53. The molecule has 0 aromatic heterocycles. The number of sulfonamides is 1. The lowest BCUT2D eigenvalue weighted by Crippen LogP contribution is -2.33. The highest BCUT2D eigenvalue weighted by molar-refractivity contribution is 7.90. The zero-order chi connectivity index (χ0) is 15.7. The van der Waals surface area contributed by atoms with Gasteiger partial charge in [-0.05, 0) is 49.4 Å². The molecular formula is C14H21NO4S2. The van der Waals surface area contributed by atoms with Gasteiger partial charge in [0, 0.05) is 19.3 Å². The van der Waals surface area contributed by atoms with Gasteiger partial charge in [-0.3, -0.25) is 0 Å². The average molecular weight is 331 g/mol. The fourth-order valence-corrected chi connectivity index (χ4v) is 4.39. The number of benzene rings is 1. The van der Waals surface area contributed by atoms with Crippen LogP contribution in [0.5, 0.6) is 0 Å². The Labute approximate surface area is 126 Å². The minimum Gasteiger partial charge on any atom is -0.224 e. The predicted octanol–water partition coefficient (Wildman–Crippen LogP) is 1.90. The first-order chi connectivity index (χ1) is 9.75. The maximum absolute atomic E-state index is 12.6. The van der Waals surface area contributed by atoms with Gasteiger partial charge in [0.05, 0.1) is 9.79 Å². The molecule has 0 N–H and O–H groups in total. The molecule has 1 aliphatic rings. The van der Waals surface area contributed by atoms with E-state index in [0.29, 0.717) is 19.0 Å². The number of rotatable bonds is 7. The molecule has 0 unspecified atom stereocenters. The maximum Gasteiger partial charge on any atom is 0.243 e. The van der Waals surface area contributed by atoms with Crippen LogP contribution in [0.2, 0.25) is 0 Å². The summed E-state index contributed by atoms with van der Waals surface area (Å²) in [6.45, 7) is 3.00. The Balaban J connectivity index is 2.28. The fraction of sp³-hybridized carbons (Fsp3) is 0.571. The van der Waals surface area contributed by atoms with Crippen LogP contribution in [0.15, 0.2) is 34.1 Å². The van der Waals surface area contributed by atoms with Crippen molar-refractivity contribution in [2.45, 2.75) is 36.0 Å². The van der Waals surface area contributed by atoms with Gasteiger partial charge in [-0.15, -0.1) is 0 Å². The molecule has 0 radical (unpaired) electrons. The molecule has 1 aromatic rings. The van der Waals surface area contributed by atoms with E-state index in [1.165, 1.54) is 28.6 Å². The zero-order valence-electron chi connectivity index (χ0n) is 12.3. The summed E-state index contributed by atoms with van der Waals surface area (Å²) in [4.78, 5) is 0.287. The van der Waals surface area contributed by atoms with E-state index >= 15 is 0 Å². The van der Waals surface area contributed by atoms with Crippen LogP contribution in [0.1, 0.15) is 26.2 Å². The number of sulfone groups is 1. The summed E-state index contributed by atoms with van der Waals surface area (Å²) in [6.07, 6.45) is 4.03. The van der Waals surface area contributed by atoms with Gasteiger partial charge in [0.2, 0.25) is 10.0 Å². The second kappa shape index (κ2) is 6.06. The van der Waals surface area contributed by atoms with Gasteiger partial charge in [-0.2, -0.15) is 4.31 Å². The standard InChI is InChI=1S/C14H21NO4S2/c1-3-10-15(11-12-4-5-12)21(18,19)14-8-6-13(7-9-14)20(2,16)17/h6-9,12H,3-5,10-11H2,1-2H3. The summed E-state index contributed by atoms with van der Waals surface area (Å²) >= 11 is 0. The molecule has 1 aliphatic carbocycles. The van der Waals surface area contributed by atoms with Crippen molar-refractivity contribution >= 4 is 19.9 Å². The highest BCUT2D eigenvalue weighted by Gasteiger charge is 2.31. The van der Waals surface area contributed by atoms with Crippen LogP contribution in [0, 0.1) is 5.92 Å². The van der Waals surface area contributed by atoms with Gasteiger partial charge in [0.25, 0.3) is 0 Å². The van der Waals surface area contributed by atoms with Crippen molar-refractivity contribution in [1.29, 1.82) is 0 Å². The molecule has 0 atom stereocenters. The second-order valence-corrected chi connectivity index (χ2v) is 9.50. The van der Waals surface area contributed by atoms with Gasteiger partial charge in [-0.25, -0.2) is 16.8 Å². The molecule has 2 rings (SSSR count). The molecule has 1 aromatic carbocycles. The molecule has 0 spiro atoms. The Kier molecular flexibility index (Phi) is 4.75. The van der Waals surface area contributed by atoms with Crippen molar-refractivity contribution in [3.8, 4) is 0 Å². The van der Waals surface area contributed by atoms with Crippen molar-refractivity contribution in [1.82, 2.24) is 4.31 Å². The molecule has 0 amide bonds. The lowest BCUT2D eigenvalue weighted by Gasteiger charge is -2.21. The Bertz CT molecular complexity index is 689. The zero-order valence-corrected chi connectivity index (χ0v) is 14.0. The number of nitrogens with zero attached hydrogens (tertiary/aromatic N) is 1. The smallest absolute Gasteiger partial charge is 0.224 e. The molecule has 1 saturated carbocycles. The molecule has 118 valence electrons. The Morgan fingerprint density at radius 2 is 1.57 bits per heavy atom. The minimum absolute atomic E-state index is 0.130. The third kappa shape index (κ3) is 4.05. The van der Waals surface area contributed by atoms with Crippen molar-refractivity contribution in [2.75, 3.05) is 19.3 Å². The molecule has 1 fully saturated rings. The van der Waals surface area contributed by atoms with Gasteiger partial charge >= 0.3 is 0 Å². The first-order valence-electron chi connectivity index (χ1n) is 7.05. The Morgan fingerprint density at radius 3 is 2.00 bits per heavy atom. The van der Waals surface area contributed by atoms with Gasteiger partial charge in [-0.1, -0.05) is 6.92 Å². The summed E-state index contributed by atoms with van der Waals surface area (Å²) in [6, 6.07) is 5.45. The van der Waals surface area contributed by atoms with E-state index in [1.807, 2.05) is 6.92 Å². The largest absolute Gasteiger partial charge is 0.243 e. The van der Waals surface area contributed by atoms with Crippen LogP contribution in [0.4, 0.5) is 0 Å². The molecule has 0 saturated heterocycles. The number of hydrogen-bond donors (Lipinski definition) is 0. The lowest BCUT2D eigenvalue weighted by molar-refractivity contribution is 0.395. The topological polar surface area (TPSA) is 71.5 Å². The van der Waals surface area contributed by atoms with Crippen LogP contribution in [0.25, 0.3) is 0 Å². The Hall–Kier alpha value is -0.920. The molecule has 7 heteroatoms. The summed E-state index contributed by atoms with van der Waals surface area (Å²) in [5.41, 5.74) is 0. The van der Waals surface area contributed by atoms with Gasteiger partial charge in [0.1, 0.15) is 0 Å². The van der Waals surface area contributed by atoms with E-state index in [-0.39, 0.29) is 9.79 Å². The highest BCUT2D eigenvalue weighted by Crippen LogP contribution is 2.31. The monoisotopic (exact) mass is 331 g/mol. The van der Waals surface area contributed by atoms with Crippen LogP contribution >= 0.6 is 0 Å². The van der Waals surface area contributed by atoms with Crippen LogP contribution in [-0.2, 0) is 19.9 Å². The van der Waals surface area contributed by atoms with E-state index < -0.39 is 19.9 Å². The summed E-state index contributed by atoms with van der Waals surface area (Å²) in [5, 5.41) is 0. The van der Waals surface area contributed by atoms with Crippen molar-refractivity contribution in [3.05, 3.63) is 24.3 Å². The number of hydrogen-bond acceptors (Lipinski definition) is 4. The molecule has 21 heavy (non-hydrogen) atoms. The minimum atomic E-state index is -3.54. The van der Waals surface area contributed by atoms with E-state index in [1.54, 1.807) is 0 Å². The normalized spacial score (nSPS) is 16.3. The molecule has 0 bridgehead atoms. The maximum atomic E-state index is 12.6. The first-order valence-corrected chi connectivity index (χ1v) is 10.4. The summed E-state index contributed by atoms with van der Waals surface area (Å²) < 4.78 is 49.6. The van der Waals surface area contributed by atoms with E-state index in [0.717, 1.165) is 25.5 Å². The quantitative estimate of drug-likeness (QED) is 0.765. The van der Waals surface area contributed by atoms with Crippen molar-refractivity contribution in [3.63, 3.8) is 0 Å². The van der Waals surface area contributed by atoms with Crippen LogP contribution in [0.3, 0.4) is 0 Å². The average Bonchev–Trinajstić information content (AvgIpc) is 3.21. The van der Waals surface area contributed by atoms with Crippen LogP contribution < -0.4 is 0 Å². The van der Waals surface area contributed by atoms with Gasteiger partial charge < -0.3 is 0 Å². The predicted molar refractivity (Wildman–Crippen MR) is 81.3 cm³/mol. The summed E-state index contributed by atoms with van der Waals surface area (Å²) in [5.74, 6) is 0.474.